The van der Waals surface area contributed by atoms with Gasteiger partial charge < -0.3 is 16.4 Å². The summed E-state index contributed by atoms with van der Waals surface area (Å²) in [5, 5.41) is 6.55. The fourth-order valence-corrected chi connectivity index (χ4v) is 2.50. The Kier molecular flexibility index (Phi) is 4.61. The first-order valence-electron chi connectivity index (χ1n) is 7.86. The molecule has 5 heteroatoms. The van der Waals surface area contributed by atoms with Crippen molar-refractivity contribution in [2.24, 2.45) is 0 Å². The van der Waals surface area contributed by atoms with Gasteiger partial charge in [0, 0.05) is 12.2 Å². The molecular weight excluding hydrogens is 298 g/mol. The van der Waals surface area contributed by atoms with E-state index in [9.17, 15) is 0 Å². The Labute approximate surface area is 142 Å². The molecule has 0 atom stereocenters. The Balaban J connectivity index is 1.78. The Bertz CT molecular complexity index is 830. The van der Waals surface area contributed by atoms with E-state index in [1.165, 1.54) is 17.5 Å². The number of nitrogens with two attached hydrogens (primary N) is 1. The molecule has 0 saturated heterocycles. The largest absolute Gasteiger partial charge is 0.393 e. The number of hydrogen-bond acceptors (Lipinski definition) is 5. The molecule has 0 fully saturated rings. The van der Waals surface area contributed by atoms with Crippen molar-refractivity contribution in [2.45, 2.75) is 20.4 Å². The number of nitrogens with one attached hydrogen (secondary N) is 2. The summed E-state index contributed by atoms with van der Waals surface area (Å²) < 4.78 is 0. The molecule has 0 saturated carbocycles. The van der Waals surface area contributed by atoms with Crippen LogP contribution in [0, 0.1) is 13.8 Å². The van der Waals surface area contributed by atoms with Gasteiger partial charge in [-0.25, -0.2) is 9.97 Å². The minimum atomic E-state index is 0.508. The van der Waals surface area contributed by atoms with Gasteiger partial charge in [0.05, 0.1) is 0 Å². The Morgan fingerprint density at radius 3 is 2.46 bits per heavy atom. The summed E-state index contributed by atoms with van der Waals surface area (Å²) in [6, 6.07) is 16.3. The van der Waals surface area contributed by atoms with Crippen LogP contribution in [0.15, 0.2) is 54.9 Å². The van der Waals surface area contributed by atoms with E-state index in [0.29, 0.717) is 23.9 Å². The second-order valence-corrected chi connectivity index (χ2v) is 5.77. The number of hydrogen-bond donors (Lipinski definition) is 3. The highest BCUT2D eigenvalue weighted by Gasteiger charge is 2.09. The van der Waals surface area contributed by atoms with Gasteiger partial charge in [-0.05, 0) is 31.0 Å². The molecule has 0 aliphatic rings. The second kappa shape index (κ2) is 7.00. The number of nitrogens with zero attached hydrogens (tertiary/aromatic N) is 2. The van der Waals surface area contributed by atoms with Crippen LogP contribution in [-0.4, -0.2) is 9.97 Å². The minimum absolute atomic E-state index is 0.508. The van der Waals surface area contributed by atoms with Crippen molar-refractivity contribution in [1.82, 2.24) is 9.97 Å². The maximum absolute atomic E-state index is 6.23. The van der Waals surface area contributed by atoms with Gasteiger partial charge in [-0.3, -0.25) is 0 Å². The molecule has 1 heterocycles. The van der Waals surface area contributed by atoms with Crippen LogP contribution >= 0.6 is 0 Å². The molecule has 1 aromatic heterocycles. The molecule has 0 amide bonds. The lowest BCUT2D eigenvalue weighted by Crippen LogP contribution is -2.08. The summed E-state index contributed by atoms with van der Waals surface area (Å²) in [7, 11) is 0. The lowest BCUT2D eigenvalue weighted by Gasteiger charge is -2.14. The average molecular weight is 319 g/mol. The molecule has 2 aromatic carbocycles. The summed E-state index contributed by atoms with van der Waals surface area (Å²) >= 11 is 0. The predicted octanol–water partition coefficient (Wildman–Crippen LogP) is 4.03. The zero-order valence-corrected chi connectivity index (χ0v) is 13.9. The summed E-state index contributed by atoms with van der Waals surface area (Å²) in [4.78, 5) is 8.51. The molecule has 0 unspecified atom stereocenters. The molecule has 3 aromatic rings. The van der Waals surface area contributed by atoms with Crippen LogP contribution in [0.2, 0.25) is 0 Å². The predicted molar refractivity (Wildman–Crippen MR) is 99.4 cm³/mol. The fraction of sp³-hybridized carbons (Fsp3) is 0.158. The lowest BCUT2D eigenvalue weighted by atomic mass is 10.1. The Hall–Kier alpha value is -3.08. The molecule has 3 rings (SSSR count). The van der Waals surface area contributed by atoms with Gasteiger partial charge in [0.15, 0.2) is 11.6 Å². The van der Waals surface area contributed by atoms with Crippen LogP contribution in [-0.2, 0) is 6.54 Å². The molecule has 0 aliphatic heterocycles. The minimum Gasteiger partial charge on any atom is -0.393 e. The smallest absolute Gasteiger partial charge is 0.159 e. The molecule has 4 N–H and O–H groups in total. The number of nitrogen functional groups attached to an aromatic ring is 1. The second-order valence-electron chi connectivity index (χ2n) is 5.77. The number of rotatable bonds is 5. The fourth-order valence-electron chi connectivity index (χ4n) is 2.50. The maximum atomic E-state index is 6.23. The van der Waals surface area contributed by atoms with Crippen molar-refractivity contribution in [3.05, 3.63) is 71.5 Å². The zero-order chi connectivity index (χ0) is 16.9. The van der Waals surface area contributed by atoms with Crippen molar-refractivity contribution in [3.63, 3.8) is 0 Å². The van der Waals surface area contributed by atoms with Crippen molar-refractivity contribution in [1.29, 1.82) is 0 Å². The van der Waals surface area contributed by atoms with Crippen LogP contribution in [0.25, 0.3) is 0 Å². The van der Waals surface area contributed by atoms with Gasteiger partial charge >= 0.3 is 0 Å². The molecule has 0 aliphatic carbocycles. The lowest BCUT2D eigenvalue weighted by molar-refractivity contribution is 1.09. The molecule has 122 valence electrons. The van der Waals surface area contributed by atoms with Gasteiger partial charge in [-0.15, -0.1) is 0 Å². The van der Waals surface area contributed by atoms with Crippen LogP contribution in [0.1, 0.15) is 16.7 Å². The molecular formula is C19H21N5. The molecule has 5 nitrogen and oxygen atoms in total. The van der Waals surface area contributed by atoms with Crippen LogP contribution < -0.4 is 16.4 Å². The Morgan fingerprint density at radius 1 is 0.958 bits per heavy atom. The topological polar surface area (TPSA) is 75.9 Å². The normalized spacial score (nSPS) is 10.4. The van der Waals surface area contributed by atoms with Gasteiger partial charge in [-0.2, -0.15) is 0 Å². The van der Waals surface area contributed by atoms with E-state index in [0.717, 1.165) is 11.3 Å². The average Bonchev–Trinajstić information content (AvgIpc) is 2.59. The zero-order valence-electron chi connectivity index (χ0n) is 13.9. The first-order valence-corrected chi connectivity index (χ1v) is 7.86. The van der Waals surface area contributed by atoms with E-state index in [-0.39, 0.29) is 0 Å². The van der Waals surface area contributed by atoms with E-state index in [1.807, 2.05) is 24.3 Å². The number of benzene rings is 2. The highest BCUT2D eigenvalue weighted by atomic mass is 15.1. The SMILES string of the molecule is Cc1ccc(Nc2ncnc(NCc3ccccc3)c2N)c(C)c1. The summed E-state index contributed by atoms with van der Waals surface area (Å²) in [5.41, 5.74) is 11.3. The van der Waals surface area contributed by atoms with Crippen molar-refractivity contribution < 1.29 is 0 Å². The number of aromatic nitrogens is 2. The monoisotopic (exact) mass is 319 g/mol. The van der Waals surface area contributed by atoms with Gasteiger partial charge in [0.1, 0.15) is 12.0 Å². The Morgan fingerprint density at radius 2 is 1.71 bits per heavy atom. The standard InChI is InChI=1S/C19H21N5/c1-13-8-9-16(14(2)10-13)24-19-17(20)18(22-12-23-19)21-11-15-6-4-3-5-7-15/h3-10,12H,11,20H2,1-2H3,(H2,21,22,23,24). The number of aryl methyl sites for hydroxylation is 2. The van der Waals surface area contributed by atoms with Gasteiger partial charge in [0.2, 0.25) is 0 Å². The molecule has 0 bridgehead atoms. The first-order chi connectivity index (χ1) is 11.6. The van der Waals surface area contributed by atoms with E-state index in [2.05, 4.69) is 58.7 Å². The van der Waals surface area contributed by atoms with Crippen molar-refractivity contribution in [2.75, 3.05) is 16.4 Å². The van der Waals surface area contributed by atoms with Crippen LogP contribution in [0.5, 0.6) is 0 Å². The van der Waals surface area contributed by atoms with Crippen LogP contribution in [0.4, 0.5) is 23.0 Å². The molecule has 24 heavy (non-hydrogen) atoms. The molecule has 0 spiro atoms. The van der Waals surface area contributed by atoms with E-state index < -0.39 is 0 Å². The third kappa shape index (κ3) is 3.63. The summed E-state index contributed by atoms with van der Waals surface area (Å²) in [5.74, 6) is 1.23. The highest BCUT2D eigenvalue weighted by Crippen LogP contribution is 2.27. The third-order valence-electron chi connectivity index (χ3n) is 3.82. The van der Waals surface area contributed by atoms with Crippen molar-refractivity contribution in [3.8, 4) is 0 Å². The van der Waals surface area contributed by atoms with Gasteiger partial charge in [-0.1, -0.05) is 48.0 Å². The van der Waals surface area contributed by atoms with E-state index >= 15 is 0 Å². The number of anilines is 4. The summed E-state index contributed by atoms with van der Waals surface area (Å²) in [6.07, 6.45) is 1.51. The highest BCUT2D eigenvalue weighted by molar-refractivity contribution is 5.78. The quantitative estimate of drug-likeness (QED) is 0.662. The maximum Gasteiger partial charge on any atom is 0.159 e. The van der Waals surface area contributed by atoms with E-state index in [4.69, 9.17) is 5.73 Å². The first kappa shape index (κ1) is 15.8. The van der Waals surface area contributed by atoms with Gasteiger partial charge in [0.25, 0.3) is 0 Å². The van der Waals surface area contributed by atoms with Crippen molar-refractivity contribution >= 4 is 23.0 Å². The third-order valence-corrected chi connectivity index (χ3v) is 3.82. The van der Waals surface area contributed by atoms with Crippen LogP contribution in [0.3, 0.4) is 0 Å². The summed E-state index contributed by atoms with van der Waals surface area (Å²) in [6.45, 7) is 4.79. The van der Waals surface area contributed by atoms with E-state index in [1.54, 1.807) is 0 Å². The molecule has 0 radical (unpaired) electrons.